The van der Waals surface area contributed by atoms with Crippen LogP contribution in [0, 0.1) is 0 Å². The number of rotatable bonds is 5. The number of methoxy groups -OCH3 is 1. The van der Waals surface area contributed by atoms with Gasteiger partial charge in [-0.05, 0) is 29.8 Å². The van der Waals surface area contributed by atoms with E-state index in [4.69, 9.17) is 27.9 Å². The molecule has 0 aliphatic rings. The third-order valence-corrected chi connectivity index (χ3v) is 3.58. The number of carbonyl (C=O) groups is 1. The Labute approximate surface area is 128 Å². The molecule has 0 aliphatic carbocycles. The third kappa shape index (κ3) is 3.75. The van der Waals surface area contributed by atoms with Gasteiger partial charge in [-0.15, -0.1) is 0 Å². The monoisotopic (exact) mass is 308 g/mol. The van der Waals surface area contributed by atoms with Crippen molar-refractivity contribution in [2.24, 2.45) is 0 Å². The van der Waals surface area contributed by atoms with E-state index >= 15 is 0 Å². The highest BCUT2D eigenvalue weighted by Crippen LogP contribution is 2.23. The summed E-state index contributed by atoms with van der Waals surface area (Å²) < 4.78 is 5.24. The van der Waals surface area contributed by atoms with Gasteiger partial charge in [0.05, 0.1) is 7.11 Å². The van der Waals surface area contributed by atoms with Gasteiger partial charge >= 0.3 is 0 Å². The summed E-state index contributed by atoms with van der Waals surface area (Å²) in [5.41, 5.74) is 1.62. The van der Waals surface area contributed by atoms with Crippen LogP contribution in [0.2, 0.25) is 10.0 Å². The Kier molecular flexibility index (Phi) is 5.05. The summed E-state index contributed by atoms with van der Waals surface area (Å²) in [7, 11) is 1.59. The van der Waals surface area contributed by atoms with Crippen molar-refractivity contribution in [2.75, 3.05) is 7.11 Å². The summed E-state index contributed by atoms with van der Waals surface area (Å²) in [5.74, 6) is 0.789. The zero-order valence-corrected chi connectivity index (χ0v) is 12.5. The molecule has 0 aliphatic heterocycles. The topological polar surface area (TPSA) is 26.3 Å². The van der Waals surface area contributed by atoms with E-state index in [1.807, 2.05) is 24.3 Å². The van der Waals surface area contributed by atoms with Gasteiger partial charge in [-0.3, -0.25) is 4.79 Å². The number of halogens is 2. The summed E-state index contributed by atoms with van der Waals surface area (Å²) >= 11 is 12.0. The van der Waals surface area contributed by atoms with Crippen LogP contribution < -0.4 is 4.74 Å². The molecule has 20 heavy (non-hydrogen) atoms. The van der Waals surface area contributed by atoms with Crippen LogP contribution in [-0.4, -0.2) is 12.9 Å². The number of hydrogen-bond donors (Lipinski definition) is 0. The molecule has 0 heterocycles. The van der Waals surface area contributed by atoms with Gasteiger partial charge in [-0.25, -0.2) is 0 Å². The van der Waals surface area contributed by atoms with Crippen LogP contribution in [0.5, 0.6) is 5.75 Å². The zero-order chi connectivity index (χ0) is 14.5. The summed E-state index contributed by atoms with van der Waals surface area (Å²) in [6, 6.07) is 12.6. The highest BCUT2D eigenvalue weighted by atomic mass is 35.5. The number of benzene rings is 2. The smallest absolute Gasteiger partial charge is 0.141 e. The Morgan fingerprint density at radius 2 is 1.75 bits per heavy atom. The molecule has 0 spiro atoms. The number of hydrogen-bond acceptors (Lipinski definition) is 2. The summed E-state index contributed by atoms with van der Waals surface area (Å²) in [5, 5.41) is 1.14. The Bertz CT molecular complexity index is 624. The molecule has 0 unspecified atom stereocenters. The second-order valence-corrected chi connectivity index (χ2v) is 5.28. The van der Waals surface area contributed by atoms with Gasteiger partial charge in [0.2, 0.25) is 0 Å². The normalized spacial score (nSPS) is 10.3. The predicted molar refractivity (Wildman–Crippen MR) is 81.9 cm³/mol. The van der Waals surface area contributed by atoms with Gasteiger partial charge in [0.25, 0.3) is 0 Å². The van der Waals surface area contributed by atoms with Gasteiger partial charge in [0.1, 0.15) is 11.5 Å². The van der Waals surface area contributed by atoms with Crippen molar-refractivity contribution in [2.45, 2.75) is 12.8 Å². The third-order valence-electron chi connectivity index (χ3n) is 2.98. The van der Waals surface area contributed by atoms with Crippen LogP contribution in [0.3, 0.4) is 0 Å². The fourth-order valence-electron chi connectivity index (χ4n) is 2.02. The Hall–Kier alpha value is -1.51. The lowest BCUT2D eigenvalue weighted by atomic mass is 10.0. The number of ether oxygens (including phenoxy) is 1. The van der Waals surface area contributed by atoms with E-state index in [1.165, 1.54) is 0 Å². The molecule has 0 amide bonds. The first-order valence-electron chi connectivity index (χ1n) is 6.17. The molecular formula is C16H14Cl2O2. The molecule has 4 heteroatoms. The van der Waals surface area contributed by atoms with Crippen LogP contribution in [0.15, 0.2) is 42.5 Å². The molecule has 2 rings (SSSR count). The minimum Gasteiger partial charge on any atom is -0.496 e. The van der Waals surface area contributed by atoms with E-state index in [2.05, 4.69) is 0 Å². The number of Topliss-reactive ketones (excluding diaryl/α,β-unsaturated/α-hetero) is 1. The van der Waals surface area contributed by atoms with E-state index in [0.717, 1.165) is 16.9 Å². The molecule has 0 saturated heterocycles. The van der Waals surface area contributed by atoms with Crippen molar-refractivity contribution in [3.05, 3.63) is 63.6 Å². The largest absolute Gasteiger partial charge is 0.496 e. The van der Waals surface area contributed by atoms with Gasteiger partial charge < -0.3 is 4.74 Å². The highest BCUT2D eigenvalue weighted by molar-refractivity contribution is 6.33. The van der Waals surface area contributed by atoms with E-state index < -0.39 is 0 Å². The Balaban J connectivity index is 2.11. The van der Waals surface area contributed by atoms with Crippen molar-refractivity contribution in [3.63, 3.8) is 0 Å². The SMILES string of the molecule is COc1ccccc1CC(=O)Cc1cc(Cl)ccc1Cl. The fourth-order valence-corrected chi connectivity index (χ4v) is 2.39. The standard InChI is InChI=1S/C16H14Cl2O2/c1-20-16-5-3-2-4-11(16)9-14(19)10-12-8-13(17)6-7-15(12)18/h2-8H,9-10H2,1H3. The second kappa shape index (κ2) is 6.78. The molecule has 0 atom stereocenters. The maximum absolute atomic E-state index is 12.2. The number of para-hydroxylation sites is 1. The van der Waals surface area contributed by atoms with E-state index in [1.54, 1.807) is 25.3 Å². The quantitative estimate of drug-likeness (QED) is 0.820. The molecule has 0 saturated carbocycles. The van der Waals surface area contributed by atoms with E-state index in [9.17, 15) is 4.79 Å². The molecule has 2 aromatic carbocycles. The average molecular weight is 309 g/mol. The highest BCUT2D eigenvalue weighted by Gasteiger charge is 2.11. The molecule has 2 nitrogen and oxygen atoms in total. The zero-order valence-electron chi connectivity index (χ0n) is 11.0. The van der Waals surface area contributed by atoms with Crippen LogP contribution >= 0.6 is 23.2 Å². The van der Waals surface area contributed by atoms with Gasteiger partial charge in [0.15, 0.2) is 0 Å². The minimum absolute atomic E-state index is 0.0682. The lowest BCUT2D eigenvalue weighted by molar-refractivity contribution is -0.117. The molecule has 0 fully saturated rings. The van der Waals surface area contributed by atoms with Gasteiger partial charge in [-0.1, -0.05) is 41.4 Å². The maximum Gasteiger partial charge on any atom is 0.141 e. The van der Waals surface area contributed by atoms with Crippen molar-refractivity contribution in [1.29, 1.82) is 0 Å². The molecule has 0 radical (unpaired) electrons. The summed E-state index contributed by atoms with van der Waals surface area (Å²) in [6.45, 7) is 0. The van der Waals surface area contributed by atoms with Gasteiger partial charge in [-0.2, -0.15) is 0 Å². The maximum atomic E-state index is 12.2. The number of carbonyl (C=O) groups excluding carboxylic acids is 1. The molecule has 104 valence electrons. The van der Waals surface area contributed by atoms with Crippen LogP contribution in [0.25, 0.3) is 0 Å². The fraction of sp³-hybridized carbons (Fsp3) is 0.188. The summed E-state index contributed by atoms with van der Waals surface area (Å²) in [6.07, 6.45) is 0.574. The van der Waals surface area contributed by atoms with Crippen molar-refractivity contribution < 1.29 is 9.53 Å². The average Bonchev–Trinajstić information content (AvgIpc) is 2.43. The first-order valence-corrected chi connectivity index (χ1v) is 6.93. The Morgan fingerprint density at radius 1 is 1.05 bits per heavy atom. The lowest BCUT2D eigenvalue weighted by Gasteiger charge is -2.08. The second-order valence-electron chi connectivity index (χ2n) is 4.44. The molecular weight excluding hydrogens is 295 g/mol. The van der Waals surface area contributed by atoms with Crippen molar-refractivity contribution >= 4 is 29.0 Å². The minimum atomic E-state index is 0.0682. The van der Waals surface area contributed by atoms with E-state index in [-0.39, 0.29) is 12.2 Å². The Morgan fingerprint density at radius 3 is 2.50 bits per heavy atom. The molecule has 0 N–H and O–H groups in total. The van der Waals surface area contributed by atoms with E-state index in [0.29, 0.717) is 16.5 Å². The van der Waals surface area contributed by atoms with Crippen molar-refractivity contribution in [3.8, 4) is 5.75 Å². The number of ketones is 1. The van der Waals surface area contributed by atoms with Gasteiger partial charge in [0, 0.05) is 28.5 Å². The van der Waals surface area contributed by atoms with Crippen molar-refractivity contribution in [1.82, 2.24) is 0 Å². The molecule has 2 aromatic rings. The van der Waals surface area contributed by atoms with Crippen LogP contribution in [-0.2, 0) is 17.6 Å². The molecule has 0 bridgehead atoms. The summed E-state index contributed by atoms with van der Waals surface area (Å²) in [4.78, 5) is 12.2. The molecule has 0 aromatic heterocycles. The predicted octanol–water partition coefficient (Wildman–Crippen LogP) is 4.36. The first-order chi connectivity index (χ1) is 9.60. The van der Waals surface area contributed by atoms with Crippen LogP contribution in [0.1, 0.15) is 11.1 Å². The lowest BCUT2D eigenvalue weighted by Crippen LogP contribution is -2.08. The van der Waals surface area contributed by atoms with Crippen LogP contribution in [0.4, 0.5) is 0 Å². The first kappa shape index (κ1) is 14.9.